The fourth-order valence-electron chi connectivity index (χ4n) is 2.09. The van der Waals surface area contributed by atoms with Gasteiger partial charge >= 0.3 is 0 Å². The summed E-state index contributed by atoms with van der Waals surface area (Å²) in [7, 11) is 0. The van der Waals surface area contributed by atoms with Crippen LogP contribution in [0.25, 0.3) is 21.8 Å². The van der Waals surface area contributed by atoms with Crippen LogP contribution in [0.5, 0.6) is 0 Å². The first-order chi connectivity index (χ1) is 9.15. The lowest BCUT2D eigenvalue weighted by Gasteiger charge is -2.06. The van der Waals surface area contributed by atoms with Crippen molar-refractivity contribution in [2.24, 2.45) is 5.92 Å². The zero-order chi connectivity index (χ0) is 13.4. The molecule has 96 valence electrons. The highest BCUT2D eigenvalue weighted by atomic mass is 16.1. The van der Waals surface area contributed by atoms with Gasteiger partial charge in [0.1, 0.15) is 5.82 Å². The summed E-state index contributed by atoms with van der Waals surface area (Å²) in [5.41, 5.74) is 2.05. The van der Waals surface area contributed by atoms with Crippen molar-refractivity contribution in [3.63, 3.8) is 0 Å². The van der Waals surface area contributed by atoms with Crippen molar-refractivity contribution >= 4 is 33.5 Å². The molecule has 0 aliphatic heterocycles. The van der Waals surface area contributed by atoms with Crippen molar-refractivity contribution in [2.75, 3.05) is 5.32 Å². The number of hydrogen-bond donors (Lipinski definition) is 2. The van der Waals surface area contributed by atoms with Gasteiger partial charge in [-0.1, -0.05) is 32.0 Å². The second-order valence-electron chi connectivity index (χ2n) is 4.93. The van der Waals surface area contributed by atoms with Gasteiger partial charge in [0.15, 0.2) is 0 Å². The second-order valence-corrected chi connectivity index (χ2v) is 4.93. The maximum atomic E-state index is 11.7. The van der Waals surface area contributed by atoms with E-state index in [0.717, 1.165) is 21.8 Å². The van der Waals surface area contributed by atoms with Crippen molar-refractivity contribution in [2.45, 2.75) is 13.8 Å². The van der Waals surface area contributed by atoms with Gasteiger partial charge in [0.2, 0.25) is 5.91 Å². The molecule has 1 amide bonds. The summed E-state index contributed by atoms with van der Waals surface area (Å²) in [6.45, 7) is 3.72. The van der Waals surface area contributed by atoms with Gasteiger partial charge in [-0.3, -0.25) is 4.79 Å². The second kappa shape index (κ2) is 4.39. The van der Waals surface area contributed by atoms with Gasteiger partial charge in [0, 0.05) is 22.2 Å². The topological polar surface area (TPSA) is 57.8 Å². The van der Waals surface area contributed by atoms with Crippen molar-refractivity contribution in [3.8, 4) is 0 Å². The molecule has 4 heteroatoms. The highest BCUT2D eigenvalue weighted by Gasteiger charge is 2.10. The molecule has 3 rings (SSSR count). The molecule has 0 saturated heterocycles. The molecule has 0 aliphatic carbocycles. The first-order valence-corrected chi connectivity index (χ1v) is 6.32. The van der Waals surface area contributed by atoms with E-state index in [2.05, 4.69) is 21.4 Å². The largest absolute Gasteiger partial charge is 0.353 e. The molecule has 0 fully saturated rings. The Kier molecular flexibility index (Phi) is 2.71. The maximum Gasteiger partial charge on any atom is 0.228 e. The van der Waals surface area contributed by atoms with Crippen molar-refractivity contribution < 1.29 is 4.79 Å². The van der Waals surface area contributed by atoms with Gasteiger partial charge in [0.25, 0.3) is 0 Å². The molecule has 2 N–H and O–H groups in total. The minimum atomic E-state index is -0.0551. The molecular formula is C15H15N3O. The minimum absolute atomic E-state index is 0.0216. The summed E-state index contributed by atoms with van der Waals surface area (Å²) in [6.07, 6.45) is 1.76. The van der Waals surface area contributed by atoms with Crippen LogP contribution < -0.4 is 5.32 Å². The maximum absolute atomic E-state index is 11.7. The molecule has 0 saturated carbocycles. The number of benzene rings is 1. The normalized spacial score (nSPS) is 11.3. The molecular weight excluding hydrogens is 238 g/mol. The third-order valence-corrected chi connectivity index (χ3v) is 3.17. The molecule has 0 atom stereocenters. The highest BCUT2D eigenvalue weighted by molar-refractivity contribution is 6.08. The van der Waals surface area contributed by atoms with Gasteiger partial charge < -0.3 is 10.3 Å². The number of aromatic nitrogens is 2. The zero-order valence-corrected chi connectivity index (χ0v) is 10.9. The third kappa shape index (κ3) is 2.05. The molecule has 19 heavy (non-hydrogen) atoms. The number of carbonyl (C=O) groups excluding carboxylic acids is 1. The Bertz CT molecular complexity index is 758. The van der Waals surface area contributed by atoms with Crippen molar-refractivity contribution in [1.82, 2.24) is 9.97 Å². The summed E-state index contributed by atoms with van der Waals surface area (Å²) >= 11 is 0. The van der Waals surface area contributed by atoms with Crippen LogP contribution in [0.1, 0.15) is 13.8 Å². The molecule has 2 aromatic heterocycles. The lowest BCUT2D eigenvalue weighted by atomic mass is 10.2. The fourth-order valence-corrected chi connectivity index (χ4v) is 2.09. The lowest BCUT2D eigenvalue weighted by Crippen LogP contribution is -2.18. The number of hydrogen-bond acceptors (Lipinski definition) is 2. The molecule has 4 nitrogen and oxygen atoms in total. The molecule has 3 aromatic rings. The number of nitrogens with zero attached hydrogens (tertiary/aromatic N) is 1. The SMILES string of the molecule is CC(C)C(=O)Nc1cc2c(cn1)[nH]c1ccccc12. The molecule has 0 aliphatic rings. The van der Waals surface area contributed by atoms with E-state index in [0.29, 0.717) is 5.82 Å². The van der Waals surface area contributed by atoms with E-state index in [9.17, 15) is 4.79 Å². The van der Waals surface area contributed by atoms with Crippen LogP contribution >= 0.6 is 0 Å². The highest BCUT2D eigenvalue weighted by Crippen LogP contribution is 2.26. The van der Waals surface area contributed by atoms with Gasteiger partial charge in [-0.05, 0) is 12.1 Å². The molecule has 1 aromatic carbocycles. The van der Waals surface area contributed by atoms with Crippen LogP contribution in [0.3, 0.4) is 0 Å². The lowest BCUT2D eigenvalue weighted by molar-refractivity contribution is -0.118. The Balaban J connectivity index is 2.09. The van der Waals surface area contributed by atoms with Crippen LogP contribution in [-0.4, -0.2) is 15.9 Å². The smallest absolute Gasteiger partial charge is 0.228 e. The molecule has 2 heterocycles. The Morgan fingerprint density at radius 2 is 2.00 bits per heavy atom. The van der Waals surface area contributed by atoms with Crippen molar-refractivity contribution in [3.05, 3.63) is 36.5 Å². The summed E-state index contributed by atoms with van der Waals surface area (Å²) in [5.74, 6) is 0.517. The standard InChI is InChI=1S/C15H15N3O/c1-9(2)15(19)18-14-7-11-10-5-3-4-6-12(10)17-13(11)8-16-14/h3-9,17H,1-2H3,(H,16,18,19). The van der Waals surface area contributed by atoms with Gasteiger partial charge in [-0.25, -0.2) is 4.98 Å². The van der Waals surface area contributed by atoms with Crippen LogP contribution in [0.4, 0.5) is 5.82 Å². The average molecular weight is 253 g/mol. The number of para-hydroxylation sites is 1. The van der Waals surface area contributed by atoms with Crippen LogP contribution in [0, 0.1) is 5.92 Å². The first kappa shape index (κ1) is 11.7. The predicted molar refractivity (Wildman–Crippen MR) is 77.1 cm³/mol. The number of rotatable bonds is 2. The Morgan fingerprint density at radius 1 is 1.21 bits per heavy atom. The zero-order valence-electron chi connectivity index (χ0n) is 10.9. The summed E-state index contributed by atoms with van der Waals surface area (Å²) < 4.78 is 0. The van der Waals surface area contributed by atoms with E-state index in [1.165, 1.54) is 0 Å². The molecule has 0 radical (unpaired) electrons. The minimum Gasteiger partial charge on any atom is -0.353 e. The van der Waals surface area contributed by atoms with E-state index in [1.807, 2.05) is 38.1 Å². The third-order valence-electron chi connectivity index (χ3n) is 3.17. The van der Waals surface area contributed by atoms with Gasteiger partial charge in [-0.15, -0.1) is 0 Å². The summed E-state index contributed by atoms with van der Waals surface area (Å²) in [6, 6.07) is 9.99. The van der Waals surface area contributed by atoms with E-state index in [4.69, 9.17) is 0 Å². The monoisotopic (exact) mass is 253 g/mol. The Hall–Kier alpha value is -2.36. The number of fused-ring (bicyclic) bond motifs is 3. The van der Waals surface area contributed by atoms with Crippen LogP contribution in [0.15, 0.2) is 36.5 Å². The number of H-pyrrole nitrogens is 1. The molecule has 0 unspecified atom stereocenters. The molecule has 0 bridgehead atoms. The van der Waals surface area contributed by atoms with E-state index >= 15 is 0 Å². The summed E-state index contributed by atoms with van der Waals surface area (Å²) in [4.78, 5) is 19.3. The fraction of sp³-hybridized carbons (Fsp3) is 0.200. The number of pyridine rings is 1. The number of nitrogens with one attached hydrogen (secondary N) is 2. The number of aromatic amines is 1. The molecule has 0 spiro atoms. The van der Waals surface area contributed by atoms with Crippen molar-refractivity contribution in [1.29, 1.82) is 0 Å². The Morgan fingerprint density at radius 3 is 2.79 bits per heavy atom. The predicted octanol–water partition coefficient (Wildman–Crippen LogP) is 3.31. The van der Waals surface area contributed by atoms with Gasteiger partial charge in [-0.2, -0.15) is 0 Å². The van der Waals surface area contributed by atoms with E-state index < -0.39 is 0 Å². The Labute approximate surface area is 110 Å². The first-order valence-electron chi connectivity index (χ1n) is 6.32. The quantitative estimate of drug-likeness (QED) is 0.736. The van der Waals surface area contributed by atoms with Crippen LogP contribution in [0.2, 0.25) is 0 Å². The summed E-state index contributed by atoms with van der Waals surface area (Å²) in [5, 5.41) is 5.04. The number of amides is 1. The number of carbonyl (C=O) groups is 1. The van der Waals surface area contributed by atoms with Crippen LogP contribution in [-0.2, 0) is 4.79 Å². The van der Waals surface area contributed by atoms with E-state index in [-0.39, 0.29) is 11.8 Å². The van der Waals surface area contributed by atoms with Gasteiger partial charge in [0.05, 0.1) is 11.7 Å². The average Bonchev–Trinajstić information content (AvgIpc) is 2.76. The van der Waals surface area contributed by atoms with E-state index in [1.54, 1.807) is 6.20 Å². The number of anilines is 1.